The Kier molecular flexibility index (Phi) is 5.98. The van der Waals surface area contributed by atoms with Crippen molar-refractivity contribution in [2.75, 3.05) is 10.6 Å². The molecule has 0 aliphatic heterocycles. The molecule has 0 saturated carbocycles. The number of aromatic nitrogens is 6. The maximum Gasteiger partial charge on any atom is 0.326 e. The van der Waals surface area contributed by atoms with E-state index in [4.69, 9.17) is 0 Å². The minimum Gasteiger partial charge on any atom is -0.308 e. The SMILES string of the molecule is O=C(Nc1ccc(Cc2nc(-c3ccncc3)n[nH]2)cc1)Nc1nccc(-c2ccccc2)n1. The Bertz CT molecular complexity index is 1390. The van der Waals surface area contributed by atoms with Gasteiger partial charge in [0.25, 0.3) is 0 Å². The minimum absolute atomic E-state index is 0.228. The van der Waals surface area contributed by atoms with Crippen molar-refractivity contribution in [1.29, 1.82) is 0 Å². The highest BCUT2D eigenvalue weighted by molar-refractivity contribution is 5.98. The lowest BCUT2D eigenvalue weighted by Gasteiger charge is -2.08. The summed E-state index contributed by atoms with van der Waals surface area (Å²) < 4.78 is 0. The molecule has 5 rings (SSSR count). The van der Waals surface area contributed by atoms with E-state index < -0.39 is 6.03 Å². The lowest BCUT2D eigenvalue weighted by molar-refractivity contribution is 0.262. The molecule has 3 N–H and O–H groups in total. The van der Waals surface area contributed by atoms with Gasteiger partial charge in [-0.15, -0.1) is 0 Å². The summed E-state index contributed by atoms with van der Waals surface area (Å²) in [5.74, 6) is 1.61. The number of rotatable bonds is 6. The van der Waals surface area contributed by atoms with Gasteiger partial charge >= 0.3 is 6.03 Å². The first-order chi connectivity index (χ1) is 16.7. The molecule has 0 spiro atoms. The van der Waals surface area contributed by atoms with Gasteiger partial charge in [-0.25, -0.2) is 19.7 Å². The average Bonchev–Trinajstić information content (AvgIpc) is 3.35. The summed E-state index contributed by atoms with van der Waals surface area (Å²) in [6.45, 7) is 0. The van der Waals surface area contributed by atoms with Gasteiger partial charge in [0.1, 0.15) is 5.82 Å². The number of amides is 2. The van der Waals surface area contributed by atoms with Crippen molar-refractivity contribution in [1.82, 2.24) is 30.1 Å². The highest BCUT2D eigenvalue weighted by Gasteiger charge is 2.09. The Labute approximate surface area is 195 Å². The molecule has 9 heteroatoms. The van der Waals surface area contributed by atoms with Gasteiger partial charge in [-0.05, 0) is 35.9 Å². The predicted molar refractivity (Wildman–Crippen MR) is 129 cm³/mol. The lowest BCUT2D eigenvalue weighted by atomic mass is 10.1. The number of pyridine rings is 1. The second-order valence-corrected chi connectivity index (χ2v) is 7.43. The van der Waals surface area contributed by atoms with Gasteiger partial charge in [0, 0.05) is 41.8 Å². The van der Waals surface area contributed by atoms with E-state index in [-0.39, 0.29) is 5.95 Å². The van der Waals surface area contributed by atoms with Crippen molar-refractivity contribution in [3.63, 3.8) is 0 Å². The molecule has 2 aromatic carbocycles. The highest BCUT2D eigenvalue weighted by Crippen LogP contribution is 2.18. The molecular weight excluding hydrogens is 428 g/mol. The standard InChI is InChI=1S/C25H20N8O/c34-25(31-24-27-15-12-21(29-24)18-4-2-1-3-5-18)28-20-8-6-17(7-9-20)16-22-30-23(33-32-22)19-10-13-26-14-11-19/h1-15H,16H2,(H,30,32,33)(H2,27,28,29,31,34). The number of nitrogens with zero attached hydrogens (tertiary/aromatic N) is 5. The molecule has 0 radical (unpaired) electrons. The van der Waals surface area contributed by atoms with Crippen LogP contribution in [0.25, 0.3) is 22.6 Å². The monoisotopic (exact) mass is 448 g/mol. The van der Waals surface area contributed by atoms with E-state index in [1.54, 1.807) is 24.7 Å². The van der Waals surface area contributed by atoms with Crippen LogP contribution in [0.5, 0.6) is 0 Å². The first-order valence-electron chi connectivity index (χ1n) is 10.6. The number of carbonyl (C=O) groups is 1. The molecule has 0 bridgehead atoms. The number of hydrogen-bond acceptors (Lipinski definition) is 6. The number of carbonyl (C=O) groups excluding carboxylic acids is 1. The topological polar surface area (TPSA) is 121 Å². The molecule has 34 heavy (non-hydrogen) atoms. The van der Waals surface area contributed by atoms with E-state index in [1.807, 2.05) is 66.7 Å². The zero-order chi connectivity index (χ0) is 23.2. The summed E-state index contributed by atoms with van der Waals surface area (Å²) >= 11 is 0. The van der Waals surface area contributed by atoms with Gasteiger partial charge < -0.3 is 5.32 Å². The first kappa shape index (κ1) is 21.0. The Balaban J connectivity index is 1.19. The average molecular weight is 448 g/mol. The third-order valence-corrected chi connectivity index (χ3v) is 5.00. The van der Waals surface area contributed by atoms with E-state index in [1.165, 1.54) is 0 Å². The molecule has 0 aliphatic carbocycles. The second kappa shape index (κ2) is 9.70. The zero-order valence-corrected chi connectivity index (χ0v) is 18.0. The van der Waals surface area contributed by atoms with Crippen molar-refractivity contribution in [3.8, 4) is 22.6 Å². The third-order valence-electron chi connectivity index (χ3n) is 5.00. The van der Waals surface area contributed by atoms with Crippen LogP contribution in [0.3, 0.4) is 0 Å². The van der Waals surface area contributed by atoms with Gasteiger partial charge in [0.2, 0.25) is 5.95 Å². The Morgan fingerprint density at radius 1 is 0.794 bits per heavy atom. The van der Waals surface area contributed by atoms with Crippen LogP contribution >= 0.6 is 0 Å². The maximum atomic E-state index is 12.4. The van der Waals surface area contributed by atoms with E-state index in [0.717, 1.165) is 28.2 Å². The molecule has 0 fully saturated rings. The van der Waals surface area contributed by atoms with Gasteiger partial charge in [-0.2, -0.15) is 5.10 Å². The van der Waals surface area contributed by atoms with Crippen LogP contribution in [0.1, 0.15) is 11.4 Å². The van der Waals surface area contributed by atoms with Crippen LogP contribution in [0, 0.1) is 0 Å². The van der Waals surface area contributed by atoms with Crippen LogP contribution < -0.4 is 10.6 Å². The number of nitrogens with one attached hydrogen (secondary N) is 3. The van der Waals surface area contributed by atoms with E-state index in [0.29, 0.717) is 17.9 Å². The molecule has 5 aromatic rings. The van der Waals surface area contributed by atoms with Crippen molar-refractivity contribution in [2.24, 2.45) is 0 Å². The molecule has 166 valence electrons. The fraction of sp³-hybridized carbons (Fsp3) is 0.0400. The molecule has 2 amide bonds. The second-order valence-electron chi connectivity index (χ2n) is 7.43. The third kappa shape index (κ3) is 5.10. The van der Waals surface area contributed by atoms with E-state index in [2.05, 4.69) is 40.8 Å². The molecule has 0 aliphatic rings. The van der Waals surface area contributed by atoms with Gasteiger partial charge in [-0.3, -0.25) is 15.4 Å². The Morgan fingerprint density at radius 2 is 1.59 bits per heavy atom. The fourth-order valence-electron chi connectivity index (χ4n) is 3.36. The smallest absolute Gasteiger partial charge is 0.308 e. The van der Waals surface area contributed by atoms with Crippen LogP contribution in [0.2, 0.25) is 0 Å². The quantitative estimate of drug-likeness (QED) is 0.350. The number of H-pyrrole nitrogens is 1. The minimum atomic E-state index is -0.421. The molecule has 3 aromatic heterocycles. The van der Waals surface area contributed by atoms with Crippen molar-refractivity contribution < 1.29 is 4.79 Å². The molecule has 0 unspecified atom stereocenters. The zero-order valence-electron chi connectivity index (χ0n) is 18.0. The predicted octanol–water partition coefficient (Wildman–Crippen LogP) is 4.56. The number of urea groups is 1. The number of hydrogen-bond donors (Lipinski definition) is 3. The molecule has 3 heterocycles. The Morgan fingerprint density at radius 3 is 2.38 bits per heavy atom. The molecule has 0 saturated heterocycles. The lowest BCUT2D eigenvalue weighted by Crippen LogP contribution is -2.20. The number of anilines is 2. The van der Waals surface area contributed by atoms with E-state index >= 15 is 0 Å². The molecular formula is C25H20N8O. The van der Waals surface area contributed by atoms with Gasteiger partial charge in [-0.1, -0.05) is 42.5 Å². The van der Waals surface area contributed by atoms with Crippen molar-refractivity contribution in [2.45, 2.75) is 6.42 Å². The van der Waals surface area contributed by atoms with E-state index in [9.17, 15) is 4.79 Å². The van der Waals surface area contributed by atoms with Crippen LogP contribution in [-0.2, 0) is 6.42 Å². The largest absolute Gasteiger partial charge is 0.326 e. The first-order valence-corrected chi connectivity index (χ1v) is 10.6. The van der Waals surface area contributed by atoms with Crippen molar-refractivity contribution in [3.05, 3.63) is 103 Å². The highest BCUT2D eigenvalue weighted by atomic mass is 16.2. The maximum absolute atomic E-state index is 12.4. The summed E-state index contributed by atoms with van der Waals surface area (Å²) in [4.78, 5) is 29.5. The van der Waals surface area contributed by atoms with Crippen molar-refractivity contribution >= 4 is 17.7 Å². The van der Waals surface area contributed by atoms with Crippen LogP contribution in [-0.4, -0.2) is 36.2 Å². The summed E-state index contributed by atoms with van der Waals surface area (Å²) in [5, 5.41) is 12.7. The van der Waals surface area contributed by atoms with Gasteiger partial charge in [0.15, 0.2) is 5.82 Å². The summed E-state index contributed by atoms with van der Waals surface area (Å²) in [6.07, 6.45) is 5.62. The molecule has 0 atom stereocenters. The normalized spacial score (nSPS) is 10.6. The summed E-state index contributed by atoms with van der Waals surface area (Å²) in [7, 11) is 0. The van der Waals surface area contributed by atoms with Crippen LogP contribution in [0.4, 0.5) is 16.4 Å². The van der Waals surface area contributed by atoms with Crippen LogP contribution in [0.15, 0.2) is 91.4 Å². The fourth-order valence-corrected chi connectivity index (χ4v) is 3.36. The van der Waals surface area contributed by atoms with Gasteiger partial charge in [0.05, 0.1) is 5.69 Å². The number of benzene rings is 2. The summed E-state index contributed by atoms with van der Waals surface area (Å²) in [5.41, 5.74) is 4.26. The number of aromatic amines is 1. The Hall–Kier alpha value is -4.92. The molecule has 9 nitrogen and oxygen atoms in total. The summed E-state index contributed by atoms with van der Waals surface area (Å²) in [6, 6.07) is 22.3.